The van der Waals surface area contributed by atoms with Crippen molar-refractivity contribution in [3.63, 3.8) is 0 Å². The zero-order chi connectivity index (χ0) is 13.5. The van der Waals surface area contributed by atoms with Crippen LogP contribution in [0.4, 0.5) is 10.3 Å². The minimum Gasteiger partial charge on any atom is -0.471 e. The molecule has 0 aliphatic heterocycles. The van der Waals surface area contributed by atoms with E-state index in [0.717, 1.165) is 11.8 Å². The number of nitrogens with one attached hydrogen (secondary N) is 1. The van der Waals surface area contributed by atoms with Crippen LogP contribution in [0.2, 0.25) is 0 Å². The van der Waals surface area contributed by atoms with Gasteiger partial charge in [0.05, 0.1) is 6.20 Å². The van der Waals surface area contributed by atoms with E-state index >= 15 is 0 Å². The SMILES string of the molecule is CNc1ncc(F)c(OC/C=C/c2ccccc2)n1. The summed E-state index contributed by atoms with van der Waals surface area (Å²) in [4.78, 5) is 7.62. The maximum Gasteiger partial charge on any atom is 0.255 e. The number of hydrogen-bond donors (Lipinski definition) is 1. The molecule has 0 saturated heterocycles. The highest BCUT2D eigenvalue weighted by molar-refractivity contribution is 5.48. The number of rotatable bonds is 5. The van der Waals surface area contributed by atoms with Gasteiger partial charge in [0.1, 0.15) is 6.61 Å². The third kappa shape index (κ3) is 3.77. The first-order valence-electron chi connectivity index (χ1n) is 5.84. The monoisotopic (exact) mass is 259 g/mol. The van der Waals surface area contributed by atoms with E-state index in [2.05, 4.69) is 15.3 Å². The van der Waals surface area contributed by atoms with E-state index in [0.29, 0.717) is 5.95 Å². The molecule has 0 aliphatic carbocycles. The number of halogens is 1. The summed E-state index contributed by atoms with van der Waals surface area (Å²) >= 11 is 0. The van der Waals surface area contributed by atoms with Crippen molar-refractivity contribution in [2.45, 2.75) is 0 Å². The molecule has 1 N–H and O–H groups in total. The first-order chi connectivity index (χ1) is 9.29. The fourth-order valence-electron chi connectivity index (χ4n) is 1.45. The molecule has 2 rings (SSSR count). The average molecular weight is 259 g/mol. The van der Waals surface area contributed by atoms with Crippen LogP contribution in [0.1, 0.15) is 5.56 Å². The summed E-state index contributed by atoms with van der Waals surface area (Å²) in [7, 11) is 1.66. The molecule has 0 amide bonds. The van der Waals surface area contributed by atoms with Gasteiger partial charge in [-0.25, -0.2) is 4.98 Å². The van der Waals surface area contributed by atoms with Gasteiger partial charge in [-0.05, 0) is 11.6 Å². The van der Waals surface area contributed by atoms with Crippen LogP contribution in [0.15, 0.2) is 42.6 Å². The normalized spacial score (nSPS) is 10.6. The standard InChI is InChI=1S/C14H14FN3O/c1-16-14-17-10-12(15)13(18-14)19-9-5-8-11-6-3-2-4-7-11/h2-8,10H,9H2,1H3,(H,16,17,18)/b8-5+. The molecule has 0 unspecified atom stereocenters. The molecule has 0 aliphatic rings. The van der Waals surface area contributed by atoms with E-state index in [4.69, 9.17) is 4.74 Å². The second kappa shape index (κ2) is 6.49. The summed E-state index contributed by atoms with van der Waals surface area (Å²) in [6.45, 7) is 0.242. The van der Waals surface area contributed by atoms with Gasteiger partial charge in [-0.15, -0.1) is 0 Å². The summed E-state index contributed by atoms with van der Waals surface area (Å²) in [6.07, 6.45) is 4.78. The van der Waals surface area contributed by atoms with E-state index in [-0.39, 0.29) is 12.5 Å². The molecule has 0 fully saturated rings. The molecule has 98 valence electrons. The maximum atomic E-state index is 13.4. The highest BCUT2D eigenvalue weighted by Gasteiger charge is 2.06. The highest BCUT2D eigenvalue weighted by atomic mass is 19.1. The predicted octanol–water partition coefficient (Wildman–Crippen LogP) is 2.75. The minimum absolute atomic E-state index is 0.0583. The first-order valence-corrected chi connectivity index (χ1v) is 5.84. The van der Waals surface area contributed by atoms with E-state index < -0.39 is 5.82 Å². The molecular weight excluding hydrogens is 245 g/mol. The zero-order valence-corrected chi connectivity index (χ0v) is 10.5. The first kappa shape index (κ1) is 13.0. The van der Waals surface area contributed by atoms with Gasteiger partial charge in [-0.2, -0.15) is 9.37 Å². The summed E-state index contributed by atoms with van der Waals surface area (Å²) in [5.74, 6) is -0.312. The molecule has 19 heavy (non-hydrogen) atoms. The molecule has 1 aromatic carbocycles. The van der Waals surface area contributed by atoms with Crippen LogP contribution in [-0.4, -0.2) is 23.6 Å². The molecule has 0 radical (unpaired) electrons. The fraction of sp³-hybridized carbons (Fsp3) is 0.143. The van der Waals surface area contributed by atoms with Gasteiger partial charge < -0.3 is 10.1 Å². The molecule has 0 saturated carbocycles. The Labute approximate surface area is 111 Å². The summed E-state index contributed by atoms with van der Waals surface area (Å²) in [6, 6.07) is 9.79. The molecule has 5 heteroatoms. The lowest BCUT2D eigenvalue weighted by atomic mass is 10.2. The number of aromatic nitrogens is 2. The lowest BCUT2D eigenvalue weighted by Crippen LogP contribution is -2.03. The Kier molecular flexibility index (Phi) is 4.44. The van der Waals surface area contributed by atoms with Gasteiger partial charge in [-0.1, -0.05) is 36.4 Å². The summed E-state index contributed by atoms with van der Waals surface area (Å²) in [5, 5.41) is 2.72. The topological polar surface area (TPSA) is 47.0 Å². The van der Waals surface area contributed by atoms with Crippen LogP contribution < -0.4 is 10.1 Å². The number of ether oxygens (including phenoxy) is 1. The number of benzene rings is 1. The maximum absolute atomic E-state index is 13.4. The number of hydrogen-bond acceptors (Lipinski definition) is 4. The second-order valence-electron chi connectivity index (χ2n) is 3.72. The van der Waals surface area contributed by atoms with Crippen molar-refractivity contribution in [3.8, 4) is 5.88 Å². The van der Waals surface area contributed by atoms with Gasteiger partial charge in [0.15, 0.2) is 0 Å². The van der Waals surface area contributed by atoms with Crippen LogP contribution in [0.5, 0.6) is 5.88 Å². The lowest BCUT2D eigenvalue weighted by molar-refractivity contribution is 0.326. The van der Waals surface area contributed by atoms with Crippen molar-refractivity contribution in [2.75, 3.05) is 19.0 Å². The van der Waals surface area contributed by atoms with Crippen molar-refractivity contribution >= 4 is 12.0 Å². The van der Waals surface area contributed by atoms with Gasteiger partial charge in [0.25, 0.3) is 5.88 Å². The quantitative estimate of drug-likeness (QED) is 0.897. The van der Waals surface area contributed by atoms with Crippen LogP contribution in [0.3, 0.4) is 0 Å². The predicted molar refractivity (Wildman–Crippen MR) is 72.5 cm³/mol. The fourth-order valence-corrected chi connectivity index (χ4v) is 1.45. The van der Waals surface area contributed by atoms with Gasteiger partial charge >= 0.3 is 0 Å². The molecule has 0 bridgehead atoms. The van der Waals surface area contributed by atoms with Crippen molar-refractivity contribution in [3.05, 3.63) is 54.0 Å². The van der Waals surface area contributed by atoms with Crippen molar-refractivity contribution in [1.82, 2.24) is 9.97 Å². The number of nitrogens with zero attached hydrogens (tertiary/aromatic N) is 2. The molecule has 1 heterocycles. The van der Waals surface area contributed by atoms with Gasteiger partial charge in [0.2, 0.25) is 11.8 Å². The molecule has 0 atom stereocenters. The van der Waals surface area contributed by atoms with E-state index in [9.17, 15) is 4.39 Å². The number of anilines is 1. The van der Waals surface area contributed by atoms with E-state index in [1.165, 1.54) is 0 Å². The smallest absolute Gasteiger partial charge is 0.255 e. The van der Waals surface area contributed by atoms with Crippen LogP contribution in [0.25, 0.3) is 6.08 Å². The average Bonchev–Trinajstić information content (AvgIpc) is 2.46. The van der Waals surface area contributed by atoms with Gasteiger partial charge in [-0.3, -0.25) is 0 Å². The minimum atomic E-state index is -0.577. The molecule has 2 aromatic rings. The highest BCUT2D eigenvalue weighted by Crippen LogP contribution is 2.14. The molecule has 0 spiro atoms. The Hall–Kier alpha value is -2.43. The molecule has 4 nitrogen and oxygen atoms in total. The van der Waals surface area contributed by atoms with E-state index in [1.807, 2.05) is 36.4 Å². The third-order valence-electron chi connectivity index (χ3n) is 2.36. The van der Waals surface area contributed by atoms with Gasteiger partial charge in [0, 0.05) is 7.05 Å². The van der Waals surface area contributed by atoms with Crippen molar-refractivity contribution in [2.24, 2.45) is 0 Å². The second-order valence-corrected chi connectivity index (χ2v) is 3.72. The Morgan fingerprint density at radius 3 is 2.84 bits per heavy atom. The van der Waals surface area contributed by atoms with Crippen molar-refractivity contribution < 1.29 is 9.13 Å². The van der Waals surface area contributed by atoms with Crippen molar-refractivity contribution in [1.29, 1.82) is 0 Å². The Bertz CT molecular complexity index is 558. The lowest BCUT2D eigenvalue weighted by Gasteiger charge is -2.04. The van der Waals surface area contributed by atoms with Crippen LogP contribution >= 0.6 is 0 Å². The third-order valence-corrected chi connectivity index (χ3v) is 2.36. The Morgan fingerprint density at radius 2 is 2.11 bits per heavy atom. The zero-order valence-electron chi connectivity index (χ0n) is 10.5. The Morgan fingerprint density at radius 1 is 1.32 bits per heavy atom. The largest absolute Gasteiger partial charge is 0.471 e. The molecule has 1 aromatic heterocycles. The van der Waals surface area contributed by atoms with Crippen LogP contribution in [-0.2, 0) is 0 Å². The molecular formula is C14H14FN3O. The van der Waals surface area contributed by atoms with E-state index in [1.54, 1.807) is 13.1 Å². The Balaban J connectivity index is 1.94. The summed E-state index contributed by atoms with van der Waals surface area (Å²) in [5.41, 5.74) is 1.06. The summed E-state index contributed by atoms with van der Waals surface area (Å²) < 4.78 is 18.6. The van der Waals surface area contributed by atoms with Crippen LogP contribution in [0, 0.1) is 5.82 Å².